The average molecular weight is 307 g/mol. The van der Waals surface area contributed by atoms with E-state index in [1.807, 2.05) is 37.5 Å². The van der Waals surface area contributed by atoms with Gasteiger partial charge in [0, 0.05) is 30.4 Å². The highest BCUT2D eigenvalue weighted by Crippen LogP contribution is 2.12. The highest BCUT2D eigenvalue weighted by atomic mass is 35.5. The van der Waals surface area contributed by atoms with Crippen molar-refractivity contribution in [1.82, 2.24) is 20.4 Å². The summed E-state index contributed by atoms with van der Waals surface area (Å²) in [5, 5.41) is 10.7. The van der Waals surface area contributed by atoms with Crippen LogP contribution in [0.2, 0.25) is 5.02 Å². The molecule has 0 radical (unpaired) electrons. The summed E-state index contributed by atoms with van der Waals surface area (Å²) in [5.41, 5.74) is 1.99. The third-order valence-corrected chi connectivity index (χ3v) is 3.49. The number of hydrogen-bond donors (Lipinski definition) is 2. The first-order valence-corrected chi connectivity index (χ1v) is 7.16. The molecule has 1 atom stereocenters. The van der Waals surface area contributed by atoms with Gasteiger partial charge in [0.15, 0.2) is 0 Å². The van der Waals surface area contributed by atoms with Crippen molar-refractivity contribution in [3.8, 4) is 0 Å². The molecule has 5 nitrogen and oxygen atoms in total. The Morgan fingerprint density at radius 2 is 2.10 bits per heavy atom. The van der Waals surface area contributed by atoms with Gasteiger partial charge < -0.3 is 10.6 Å². The summed E-state index contributed by atoms with van der Waals surface area (Å²) >= 11 is 5.84. The maximum atomic E-state index is 12.2. The summed E-state index contributed by atoms with van der Waals surface area (Å²) in [4.78, 5) is 12.2. The minimum atomic E-state index is -0.385. The van der Waals surface area contributed by atoms with Crippen molar-refractivity contribution in [2.75, 3.05) is 13.6 Å². The molecule has 0 aliphatic carbocycles. The quantitative estimate of drug-likeness (QED) is 0.854. The predicted molar refractivity (Wildman–Crippen MR) is 83.2 cm³/mol. The number of carbonyl (C=O) groups is 1. The van der Waals surface area contributed by atoms with Gasteiger partial charge in [0.1, 0.15) is 6.04 Å². The number of likely N-dealkylation sites (N-methyl/N-ethyl adjacent to an activating group) is 1. The molecule has 0 fully saturated rings. The second kappa shape index (κ2) is 7.24. The maximum absolute atomic E-state index is 12.2. The highest BCUT2D eigenvalue weighted by Gasteiger charge is 2.19. The smallest absolute Gasteiger partial charge is 0.241 e. The van der Waals surface area contributed by atoms with Crippen LogP contribution in [0.1, 0.15) is 17.2 Å². The highest BCUT2D eigenvalue weighted by molar-refractivity contribution is 6.30. The number of nitrogens with one attached hydrogen (secondary N) is 2. The summed E-state index contributed by atoms with van der Waals surface area (Å²) in [6.07, 6.45) is 4.30. The molecule has 1 unspecified atom stereocenters. The largest absolute Gasteiger partial charge is 0.354 e. The number of amides is 1. The summed E-state index contributed by atoms with van der Waals surface area (Å²) in [5.74, 6) is -0.0561. The van der Waals surface area contributed by atoms with E-state index in [2.05, 4.69) is 15.7 Å². The van der Waals surface area contributed by atoms with Crippen LogP contribution in [0.4, 0.5) is 0 Å². The topological polar surface area (TPSA) is 59.0 Å². The zero-order valence-corrected chi connectivity index (χ0v) is 12.9. The molecule has 0 saturated carbocycles. The number of benzene rings is 1. The van der Waals surface area contributed by atoms with Crippen LogP contribution in [0.15, 0.2) is 36.7 Å². The molecule has 6 heteroatoms. The van der Waals surface area contributed by atoms with Gasteiger partial charge in [-0.05, 0) is 31.2 Å². The summed E-state index contributed by atoms with van der Waals surface area (Å²) in [6.45, 7) is 0.582. The van der Waals surface area contributed by atoms with Crippen LogP contribution in [0.25, 0.3) is 0 Å². The number of aromatic nitrogens is 2. The van der Waals surface area contributed by atoms with E-state index in [4.69, 9.17) is 11.6 Å². The molecule has 2 N–H and O–H groups in total. The lowest BCUT2D eigenvalue weighted by molar-refractivity contribution is -0.123. The molecule has 0 saturated heterocycles. The van der Waals surface area contributed by atoms with Crippen LogP contribution in [0.3, 0.4) is 0 Å². The molecule has 1 aromatic heterocycles. The van der Waals surface area contributed by atoms with Gasteiger partial charge in [-0.15, -0.1) is 0 Å². The van der Waals surface area contributed by atoms with Gasteiger partial charge in [0.25, 0.3) is 0 Å². The summed E-state index contributed by atoms with van der Waals surface area (Å²) in [7, 11) is 3.59. The second-order valence-corrected chi connectivity index (χ2v) is 5.27. The average Bonchev–Trinajstić information content (AvgIpc) is 2.88. The Bertz CT molecular complexity index is 594. The molecular weight excluding hydrogens is 288 g/mol. The van der Waals surface area contributed by atoms with Gasteiger partial charge in [-0.2, -0.15) is 5.10 Å². The number of aryl methyl sites for hydroxylation is 1. The molecule has 0 aliphatic rings. The first kappa shape index (κ1) is 15.5. The molecule has 1 aromatic carbocycles. The maximum Gasteiger partial charge on any atom is 0.241 e. The van der Waals surface area contributed by atoms with Crippen LogP contribution in [-0.4, -0.2) is 29.3 Å². The van der Waals surface area contributed by atoms with E-state index in [0.717, 1.165) is 22.6 Å². The van der Waals surface area contributed by atoms with E-state index in [9.17, 15) is 4.79 Å². The molecule has 2 aromatic rings. The molecule has 2 rings (SSSR count). The molecule has 21 heavy (non-hydrogen) atoms. The van der Waals surface area contributed by atoms with E-state index >= 15 is 0 Å². The van der Waals surface area contributed by atoms with Gasteiger partial charge >= 0.3 is 0 Å². The van der Waals surface area contributed by atoms with E-state index in [1.165, 1.54) is 0 Å². The van der Waals surface area contributed by atoms with Gasteiger partial charge in [0.2, 0.25) is 5.91 Å². The second-order valence-electron chi connectivity index (χ2n) is 4.84. The van der Waals surface area contributed by atoms with Crippen molar-refractivity contribution in [2.24, 2.45) is 7.05 Å². The Hall–Kier alpha value is -1.85. The Morgan fingerprint density at radius 3 is 2.67 bits per heavy atom. The first-order valence-electron chi connectivity index (χ1n) is 6.78. The number of halogens is 1. The fraction of sp³-hybridized carbons (Fsp3) is 0.333. The number of rotatable bonds is 6. The fourth-order valence-corrected chi connectivity index (χ4v) is 2.25. The number of carbonyl (C=O) groups excluding carboxylic acids is 1. The minimum absolute atomic E-state index is 0.0561. The predicted octanol–water partition coefficient (Wildman–Crippen LogP) is 1.69. The summed E-state index contributed by atoms with van der Waals surface area (Å²) < 4.78 is 1.68. The van der Waals surface area contributed by atoms with E-state index in [0.29, 0.717) is 6.54 Å². The minimum Gasteiger partial charge on any atom is -0.354 e. The Kier molecular flexibility index (Phi) is 5.36. The van der Waals surface area contributed by atoms with Crippen molar-refractivity contribution in [3.63, 3.8) is 0 Å². The molecule has 112 valence electrons. The van der Waals surface area contributed by atoms with Crippen LogP contribution in [0, 0.1) is 0 Å². The third-order valence-electron chi connectivity index (χ3n) is 3.24. The monoisotopic (exact) mass is 306 g/mol. The Balaban J connectivity index is 1.87. The molecule has 0 bridgehead atoms. The molecule has 0 spiro atoms. The molecular formula is C15H19ClN4O. The van der Waals surface area contributed by atoms with Crippen molar-refractivity contribution in [3.05, 3.63) is 52.8 Å². The molecule has 1 heterocycles. The lowest BCUT2D eigenvalue weighted by atomic mass is 10.1. The van der Waals surface area contributed by atoms with Gasteiger partial charge in [-0.1, -0.05) is 23.7 Å². The zero-order valence-electron chi connectivity index (χ0n) is 12.1. The van der Waals surface area contributed by atoms with E-state index in [1.54, 1.807) is 17.9 Å². The van der Waals surface area contributed by atoms with Crippen LogP contribution < -0.4 is 10.6 Å². The van der Waals surface area contributed by atoms with Crippen LogP contribution in [-0.2, 0) is 18.3 Å². The number of hydrogen-bond acceptors (Lipinski definition) is 3. The molecule has 1 amide bonds. The van der Waals surface area contributed by atoms with Crippen LogP contribution >= 0.6 is 11.6 Å². The third kappa shape index (κ3) is 4.31. The van der Waals surface area contributed by atoms with Crippen molar-refractivity contribution in [1.29, 1.82) is 0 Å². The fourth-order valence-electron chi connectivity index (χ4n) is 2.12. The van der Waals surface area contributed by atoms with Crippen molar-refractivity contribution in [2.45, 2.75) is 12.5 Å². The lowest BCUT2D eigenvalue weighted by Crippen LogP contribution is -2.36. The van der Waals surface area contributed by atoms with Crippen molar-refractivity contribution < 1.29 is 4.79 Å². The lowest BCUT2D eigenvalue weighted by Gasteiger charge is -2.14. The SMILES string of the molecule is CNC(C(=O)NCCc1ccc(Cl)cc1)c1cnn(C)c1. The Morgan fingerprint density at radius 1 is 1.38 bits per heavy atom. The van der Waals surface area contributed by atoms with Gasteiger partial charge in [0.05, 0.1) is 6.20 Å². The van der Waals surface area contributed by atoms with E-state index < -0.39 is 0 Å². The Labute approximate surface area is 129 Å². The zero-order chi connectivity index (χ0) is 15.2. The first-order chi connectivity index (χ1) is 10.1. The standard InChI is InChI=1S/C15H19ClN4O/c1-17-14(12-9-19-20(2)10-12)15(21)18-8-7-11-3-5-13(16)6-4-11/h3-6,9-10,14,17H,7-8H2,1-2H3,(H,18,21). The van der Waals surface area contributed by atoms with Gasteiger partial charge in [-0.3, -0.25) is 9.48 Å². The van der Waals surface area contributed by atoms with Crippen molar-refractivity contribution >= 4 is 17.5 Å². The van der Waals surface area contributed by atoms with Gasteiger partial charge in [-0.25, -0.2) is 0 Å². The normalized spacial score (nSPS) is 12.1. The molecule has 0 aliphatic heterocycles. The van der Waals surface area contributed by atoms with E-state index in [-0.39, 0.29) is 11.9 Å². The van der Waals surface area contributed by atoms with Crippen LogP contribution in [0.5, 0.6) is 0 Å². The summed E-state index contributed by atoms with van der Waals surface area (Å²) in [6, 6.07) is 7.25. The number of nitrogens with zero attached hydrogens (tertiary/aromatic N) is 2.